The van der Waals surface area contributed by atoms with Gasteiger partial charge in [-0.3, -0.25) is 0 Å². The van der Waals surface area contributed by atoms with Crippen LogP contribution >= 0.6 is 0 Å². The van der Waals surface area contributed by atoms with Gasteiger partial charge in [0.1, 0.15) is 5.82 Å². The summed E-state index contributed by atoms with van der Waals surface area (Å²) >= 11 is 0. The number of hydrogen-bond donors (Lipinski definition) is 1. The van der Waals surface area contributed by atoms with Gasteiger partial charge in [-0.05, 0) is 63.1 Å². The van der Waals surface area contributed by atoms with Gasteiger partial charge in [-0.2, -0.15) is 4.98 Å². The predicted molar refractivity (Wildman–Crippen MR) is 123 cm³/mol. The van der Waals surface area contributed by atoms with E-state index in [-0.39, 0.29) is 0 Å². The van der Waals surface area contributed by atoms with E-state index in [9.17, 15) is 0 Å². The number of rotatable bonds is 9. The fourth-order valence-electron chi connectivity index (χ4n) is 3.44. The lowest BCUT2D eigenvalue weighted by Crippen LogP contribution is -2.23. The molecule has 3 aromatic rings. The van der Waals surface area contributed by atoms with Crippen molar-refractivity contribution >= 4 is 23.1 Å². The molecule has 0 aliphatic rings. The fraction of sp³-hybridized carbons (Fsp3) is 0.333. The number of benzene rings is 2. The highest BCUT2D eigenvalue weighted by atomic mass is 15.2. The maximum absolute atomic E-state index is 4.76. The van der Waals surface area contributed by atoms with Crippen LogP contribution in [0.25, 0.3) is 0 Å². The Labute approximate surface area is 174 Å². The second-order valence-electron chi connectivity index (χ2n) is 7.03. The molecule has 0 radical (unpaired) electrons. The van der Waals surface area contributed by atoms with E-state index < -0.39 is 0 Å². The van der Waals surface area contributed by atoms with Crippen LogP contribution in [0.5, 0.6) is 0 Å². The summed E-state index contributed by atoms with van der Waals surface area (Å²) in [6.07, 6.45) is 1.82. The summed E-state index contributed by atoms with van der Waals surface area (Å²) in [5.74, 6) is 1.54. The number of anilines is 4. The average Bonchev–Trinajstić information content (AvgIpc) is 2.75. The van der Waals surface area contributed by atoms with Crippen LogP contribution in [0.4, 0.5) is 23.1 Å². The fourth-order valence-corrected chi connectivity index (χ4v) is 3.44. The van der Waals surface area contributed by atoms with Crippen molar-refractivity contribution in [2.24, 2.45) is 0 Å². The van der Waals surface area contributed by atoms with Gasteiger partial charge < -0.3 is 15.1 Å². The summed E-state index contributed by atoms with van der Waals surface area (Å²) in [7, 11) is 0. The van der Waals surface area contributed by atoms with E-state index in [0.717, 1.165) is 37.7 Å². The minimum Gasteiger partial charge on any atom is -0.372 e. The van der Waals surface area contributed by atoms with Gasteiger partial charge in [0.05, 0.1) is 0 Å². The van der Waals surface area contributed by atoms with Crippen LogP contribution in [-0.4, -0.2) is 29.6 Å². The van der Waals surface area contributed by atoms with Crippen LogP contribution in [0.1, 0.15) is 31.9 Å². The second kappa shape index (κ2) is 9.92. The van der Waals surface area contributed by atoms with Gasteiger partial charge in [0, 0.05) is 43.8 Å². The van der Waals surface area contributed by atoms with Gasteiger partial charge >= 0.3 is 0 Å². The highest BCUT2D eigenvalue weighted by Gasteiger charge is 2.10. The average molecular weight is 390 g/mol. The smallest absolute Gasteiger partial charge is 0.229 e. The molecule has 0 unspecified atom stereocenters. The highest BCUT2D eigenvalue weighted by molar-refractivity contribution is 5.64. The molecule has 5 nitrogen and oxygen atoms in total. The minimum absolute atomic E-state index is 0.618. The molecule has 1 N–H and O–H groups in total. The Bertz CT molecular complexity index is 906. The molecule has 0 atom stereocenters. The lowest BCUT2D eigenvalue weighted by molar-refractivity contribution is 0.811. The molecule has 0 aliphatic carbocycles. The summed E-state index contributed by atoms with van der Waals surface area (Å²) in [6.45, 7) is 12.3. The van der Waals surface area contributed by atoms with Gasteiger partial charge in [-0.15, -0.1) is 0 Å². The Morgan fingerprint density at radius 1 is 0.862 bits per heavy atom. The van der Waals surface area contributed by atoms with Gasteiger partial charge in [0.25, 0.3) is 0 Å². The van der Waals surface area contributed by atoms with Crippen LogP contribution in [0.15, 0.2) is 60.8 Å². The van der Waals surface area contributed by atoms with Crippen molar-refractivity contribution < 1.29 is 0 Å². The van der Waals surface area contributed by atoms with Crippen LogP contribution < -0.4 is 15.1 Å². The number of nitrogens with zero attached hydrogens (tertiary/aromatic N) is 4. The molecule has 3 rings (SSSR count). The third kappa shape index (κ3) is 5.25. The Hall–Kier alpha value is -3.08. The Kier molecular flexibility index (Phi) is 7.06. The van der Waals surface area contributed by atoms with E-state index in [0.29, 0.717) is 5.95 Å². The number of aryl methyl sites for hydroxylation is 1. The minimum atomic E-state index is 0.618. The first-order chi connectivity index (χ1) is 14.1. The maximum atomic E-state index is 4.76. The second-order valence-corrected chi connectivity index (χ2v) is 7.03. The van der Waals surface area contributed by atoms with Crippen molar-refractivity contribution in [3.05, 3.63) is 71.9 Å². The van der Waals surface area contributed by atoms with Gasteiger partial charge in [-0.25, -0.2) is 4.98 Å². The molecule has 1 aromatic heterocycles. The molecule has 0 aliphatic heterocycles. The molecule has 0 spiro atoms. The number of nitrogens with one attached hydrogen (secondary N) is 1. The number of hydrogen-bond acceptors (Lipinski definition) is 5. The summed E-state index contributed by atoms with van der Waals surface area (Å²) in [6, 6.07) is 18.9. The zero-order chi connectivity index (χ0) is 20.6. The standard InChI is InChI=1S/C24H31N5/c1-5-28(6-2)21-13-14-22(19(4)17-21)26-24-25-16-15-23(27-24)29(7-3)18-20-11-9-8-10-12-20/h8-17H,5-7,18H2,1-4H3,(H,25,26,27). The molecule has 1 heterocycles. The first kappa shape index (κ1) is 20.6. The van der Waals surface area contributed by atoms with Crippen molar-refractivity contribution in [3.8, 4) is 0 Å². The topological polar surface area (TPSA) is 44.3 Å². The lowest BCUT2D eigenvalue weighted by atomic mass is 10.1. The summed E-state index contributed by atoms with van der Waals surface area (Å²) in [5, 5.41) is 3.39. The third-order valence-electron chi connectivity index (χ3n) is 5.15. The van der Waals surface area contributed by atoms with E-state index in [1.165, 1.54) is 16.8 Å². The summed E-state index contributed by atoms with van der Waals surface area (Å²) < 4.78 is 0. The normalized spacial score (nSPS) is 10.6. The van der Waals surface area contributed by atoms with Gasteiger partial charge in [-0.1, -0.05) is 30.3 Å². The third-order valence-corrected chi connectivity index (χ3v) is 5.15. The van der Waals surface area contributed by atoms with Crippen molar-refractivity contribution in [3.63, 3.8) is 0 Å². The van der Waals surface area contributed by atoms with Gasteiger partial charge in [0.2, 0.25) is 5.95 Å². The monoisotopic (exact) mass is 389 g/mol. The van der Waals surface area contributed by atoms with Crippen LogP contribution in [0, 0.1) is 6.92 Å². The first-order valence-corrected chi connectivity index (χ1v) is 10.4. The molecule has 0 bridgehead atoms. The van der Waals surface area contributed by atoms with Crippen LogP contribution in [-0.2, 0) is 6.54 Å². The molecule has 0 saturated heterocycles. The van der Waals surface area contributed by atoms with Crippen molar-refractivity contribution in [1.29, 1.82) is 0 Å². The predicted octanol–water partition coefficient (Wildman–Crippen LogP) is 5.40. The summed E-state index contributed by atoms with van der Waals surface area (Å²) in [4.78, 5) is 13.8. The van der Waals surface area contributed by atoms with E-state index in [1.807, 2.05) is 18.3 Å². The van der Waals surface area contributed by atoms with E-state index in [1.54, 1.807) is 0 Å². The molecular formula is C24H31N5. The molecule has 0 amide bonds. The zero-order valence-corrected chi connectivity index (χ0v) is 17.9. The molecular weight excluding hydrogens is 358 g/mol. The Morgan fingerprint density at radius 2 is 1.59 bits per heavy atom. The molecule has 0 saturated carbocycles. The van der Waals surface area contributed by atoms with Crippen LogP contribution in [0.3, 0.4) is 0 Å². The quantitative estimate of drug-likeness (QED) is 0.531. The largest absolute Gasteiger partial charge is 0.372 e. The first-order valence-electron chi connectivity index (χ1n) is 10.4. The van der Waals surface area contributed by atoms with Gasteiger partial charge in [0.15, 0.2) is 0 Å². The van der Waals surface area contributed by atoms with E-state index in [2.05, 4.69) is 90.3 Å². The van der Waals surface area contributed by atoms with Crippen molar-refractivity contribution in [2.75, 3.05) is 34.8 Å². The molecule has 152 valence electrons. The Morgan fingerprint density at radius 3 is 2.24 bits per heavy atom. The van der Waals surface area contributed by atoms with Crippen molar-refractivity contribution in [1.82, 2.24) is 9.97 Å². The zero-order valence-electron chi connectivity index (χ0n) is 17.9. The number of aromatic nitrogens is 2. The van der Waals surface area contributed by atoms with E-state index >= 15 is 0 Å². The Balaban J connectivity index is 1.77. The summed E-state index contributed by atoms with van der Waals surface area (Å²) in [5.41, 5.74) is 4.72. The molecule has 0 fully saturated rings. The maximum Gasteiger partial charge on any atom is 0.229 e. The molecule has 29 heavy (non-hydrogen) atoms. The molecule has 2 aromatic carbocycles. The van der Waals surface area contributed by atoms with Crippen molar-refractivity contribution in [2.45, 2.75) is 34.2 Å². The van der Waals surface area contributed by atoms with Crippen LogP contribution in [0.2, 0.25) is 0 Å². The SMILES string of the molecule is CCN(CC)c1ccc(Nc2nccc(N(CC)Cc3ccccc3)n2)c(C)c1. The lowest BCUT2D eigenvalue weighted by Gasteiger charge is -2.23. The highest BCUT2D eigenvalue weighted by Crippen LogP contribution is 2.25. The molecule has 5 heteroatoms. The van der Waals surface area contributed by atoms with E-state index in [4.69, 9.17) is 4.98 Å².